The predicted octanol–water partition coefficient (Wildman–Crippen LogP) is 5.49. The van der Waals surface area contributed by atoms with Crippen LogP contribution in [0, 0.1) is 12.7 Å². The second-order valence-corrected chi connectivity index (χ2v) is 6.27. The molecule has 0 N–H and O–H groups in total. The second-order valence-electron chi connectivity index (χ2n) is 5.22. The molecule has 1 aromatic heterocycles. The van der Waals surface area contributed by atoms with E-state index in [1.165, 1.54) is 6.07 Å². The number of halogens is 1. The first-order valence-electron chi connectivity index (χ1n) is 7.63. The summed E-state index contributed by atoms with van der Waals surface area (Å²) in [5.74, 6) is -0.540. The number of esters is 1. The van der Waals surface area contributed by atoms with Gasteiger partial charge in [0, 0.05) is 15.7 Å². The Bertz CT molecular complexity index is 700. The number of aryl methyl sites for hydroxylation is 1. The molecule has 1 aromatic carbocycles. The van der Waals surface area contributed by atoms with E-state index in [0.29, 0.717) is 6.61 Å². The van der Waals surface area contributed by atoms with E-state index in [9.17, 15) is 9.18 Å². The smallest absolute Gasteiger partial charge is 0.331 e. The minimum absolute atomic E-state index is 0.232. The zero-order valence-electron chi connectivity index (χ0n) is 13.2. The van der Waals surface area contributed by atoms with Gasteiger partial charge in [0.1, 0.15) is 5.82 Å². The maximum Gasteiger partial charge on any atom is 0.331 e. The Morgan fingerprint density at radius 2 is 2.14 bits per heavy atom. The highest BCUT2D eigenvalue weighted by atomic mass is 32.1. The lowest BCUT2D eigenvalue weighted by Crippen LogP contribution is -2.01. The Morgan fingerprint density at radius 3 is 2.82 bits per heavy atom. The van der Waals surface area contributed by atoms with E-state index in [0.717, 1.165) is 45.4 Å². The van der Waals surface area contributed by atoms with Crippen LogP contribution in [0.15, 0.2) is 24.3 Å². The molecule has 0 aliphatic heterocycles. The van der Waals surface area contributed by atoms with E-state index in [1.807, 2.05) is 13.0 Å². The molecule has 0 radical (unpaired) electrons. The number of rotatable bonds is 6. The maximum atomic E-state index is 13.4. The molecule has 2 nitrogen and oxygen atoms in total. The summed E-state index contributed by atoms with van der Waals surface area (Å²) in [5.41, 5.74) is 2.09. The molecule has 0 unspecified atom stereocenters. The van der Waals surface area contributed by atoms with E-state index in [4.69, 9.17) is 4.74 Å². The van der Waals surface area contributed by atoms with Gasteiger partial charge in [0.25, 0.3) is 0 Å². The van der Waals surface area contributed by atoms with Gasteiger partial charge in [-0.05, 0) is 55.3 Å². The fourth-order valence-electron chi connectivity index (χ4n) is 2.45. The highest BCUT2D eigenvalue weighted by Crippen LogP contribution is 2.37. The first-order valence-corrected chi connectivity index (χ1v) is 8.44. The van der Waals surface area contributed by atoms with Gasteiger partial charge in [-0.15, -0.1) is 11.3 Å². The van der Waals surface area contributed by atoms with Gasteiger partial charge in [-0.1, -0.05) is 19.4 Å². The number of hydrogen-bond acceptors (Lipinski definition) is 3. The third kappa shape index (κ3) is 3.74. The number of fused-ring (bicyclic) bond motifs is 1. The monoisotopic (exact) mass is 320 g/mol. The van der Waals surface area contributed by atoms with Crippen LogP contribution in [0.4, 0.5) is 4.39 Å². The standard InChI is InChI=1S/C18H21FO2S/c1-4-6-7-13(10-17(20)21-5-2)18-12(3)15-9-8-14(19)11-16(15)22-18/h8-11H,4-7H2,1-3H3/b13-10-. The number of carbonyl (C=O) groups is 1. The summed E-state index contributed by atoms with van der Waals surface area (Å²) in [7, 11) is 0. The van der Waals surface area contributed by atoms with Crippen molar-refractivity contribution in [1.29, 1.82) is 0 Å². The van der Waals surface area contributed by atoms with Gasteiger partial charge in [0.05, 0.1) is 6.61 Å². The average molecular weight is 320 g/mol. The molecule has 0 aliphatic rings. The third-order valence-corrected chi connectivity index (χ3v) is 4.90. The summed E-state index contributed by atoms with van der Waals surface area (Å²) < 4.78 is 19.4. The molecule has 0 saturated heterocycles. The molecule has 22 heavy (non-hydrogen) atoms. The van der Waals surface area contributed by atoms with Crippen molar-refractivity contribution in [2.24, 2.45) is 0 Å². The van der Waals surface area contributed by atoms with Gasteiger partial charge >= 0.3 is 5.97 Å². The van der Waals surface area contributed by atoms with Crippen molar-refractivity contribution >= 4 is 33.0 Å². The summed E-state index contributed by atoms with van der Waals surface area (Å²) in [5, 5.41) is 1.05. The molecule has 2 rings (SSSR count). The van der Waals surface area contributed by atoms with Crippen LogP contribution in [-0.2, 0) is 9.53 Å². The van der Waals surface area contributed by atoms with E-state index in [1.54, 1.807) is 30.4 Å². The largest absolute Gasteiger partial charge is 0.463 e. The maximum absolute atomic E-state index is 13.4. The highest BCUT2D eigenvalue weighted by Gasteiger charge is 2.14. The van der Waals surface area contributed by atoms with Crippen molar-refractivity contribution in [3.63, 3.8) is 0 Å². The number of carbonyl (C=O) groups excluding carboxylic acids is 1. The lowest BCUT2D eigenvalue weighted by Gasteiger charge is -2.06. The van der Waals surface area contributed by atoms with Gasteiger partial charge in [-0.2, -0.15) is 0 Å². The lowest BCUT2D eigenvalue weighted by molar-refractivity contribution is -0.137. The first-order chi connectivity index (χ1) is 10.6. The molecule has 0 atom stereocenters. The number of benzene rings is 1. The Hall–Kier alpha value is -1.68. The zero-order valence-corrected chi connectivity index (χ0v) is 14.1. The van der Waals surface area contributed by atoms with Crippen molar-refractivity contribution in [2.75, 3.05) is 6.61 Å². The highest BCUT2D eigenvalue weighted by molar-refractivity contribution is 7.20. The molecule has 4 heteroatoms. The molecule has 118 valence electrons. The number of unbranched alkanes of at least 4 members (excludes halogenated alkanes) is 1. The van der Waals surface area contributed by atoms with Crippen LogP contribution >= 0.6 is 11.3 Å². The Labute approximate surface area is 134 Å². The van der Waals surface area contributed by atoms with Crippen LogP contribution < -0.4 is 0 Å². The van der Waals surface area contributed by atoms with E-state index in [2.05, 4.69) is 6.92 Å². The van der Waals surface area contributed by atoms with Crippen LogP contribution in [0.25, 0.3) is 15.7 Å². The normalized spacial score (nSPS) is 11.9. The predicted molar refractivity (Wildman–Crippen MR) is 90.7 cm³/mol. The SMILES string of the molecule is CCCC/C(=C/C(=O)OCC)c1sc2cc(F)ccc2c1C. The molecule has 1 heterocycles. The van der Waals surface area contributed by atoms with Gasteiger partial charge in [0.15, 0.2) is 0 Å². The minimum Gasteiger partial charge on any atom is -0.463 e. The molecule has 2 aromatic rings. The fraction of sp³-hybridized carbons (Fsp3) is 0.389. The average Bonchev–Trinajstić information content (AvgIpc) is 2.80. The van der Waals surface area contributed by atoms with Crippen LogP contribution in [0.3, 0.4) is 0 Å². The van der Waals surface area contributed by atoms with Gasteiger partial charge in [0.2, 0.25) is 0 Å². The van der Waals surface area contributed by atoms with E-state index >= 15 is 0 Å². The second kappa shape index (κ2) is 7.54. The molecule has 0 aliphatic carbocycles. The first kappa shape index (κ1) is 16.7. The molecule has 0 amide bonds. The summed E-state index contributed by atoms with van der Waals surface area (Å²) in [4.78, 5) is 12.9. The molecule has 0 spiro atoms. The van der Waals surface area contributed by atoms with Crippen molar-refractivity contribution in [3.8, 4) is 0 Å². The molecular weight excluding hydrogens is 299 g/mol. The van der Waals surface area contributed by atoms with Gasteiger partial charge in [-0.25, -0.2) is 9.18 Å². The van der Waals surface area contributed by atoms with Crippen LogP contribution in [0.5, 0.6) is 0 Å². The fourth-order valence-corrected chi connectivity index (χ4v) is 3.73. The molecule has 0 bridgehead atoms. The van der Waals surface area contributed by atoms with Crippen LogP contribution in [0.2, 0.25) is 0 Å². The quantitative estimate of drug-likeness (QED) is 0.520. The number of ether oxygens (including phenoxy) is 1. The number of hydrogen-bond donors (Lipinski definition) is 0. The Kier molecular flexibility index (Phi) is 5.72. The Morgan fingerprint density at radius 1 is 1.36 bits per heavy atom. The van der Waals surface area contributed by atoms with Crippen molar-refractivity contribution in [3.05, 3.63) is 40.5 Å². The Balaban J connectivity index is 2.46. The van der Waals surface area contributed by atoms with Crippen molar-refractivity contribution in [1.82, 2.24) is 0 Å². The van der Waals surface area contributed by atoms with E-state index < -0.39 is 0 Å². The van der Waals surface area contributed by atoms with Gasteiger partial charge in [-0.3, -0.25) is 0 Å². The third-order valence-electron chi connectivity index (χ3n) is 3.57. The summed E-state index contributed by atoms with van der Waals surface area (Å²) in [6.07, 6.45) is 4.48. The molecule has 0 fully saturated rings. The minimum atomic E-state index is -0.309. The zero-order chi connectivity index (χ0) is 16.1. The van der Waals surface area contributed by atoms with Gasteiger partial charge < -0.3 is 4.74 Å². The van der Waals surface area contributed by atoms with Crippen molar-refractivity contribution < 1.29 is 13.9 Å². The molecular formula is C18H21FO2S. The van der Waals surface area contributed by atoms with Crippen LogP contribution in [0.1, 0.15) is 43.6 Å². The number of allylic oxidation sites excluding steroid dienone is 1. The topological polar surface area (TPSA) is 26.3 Å². The summed E-state index contributed by atoms with van der Waals surface area (Å²) in [6, 6.07) is 4.84. The van der Waals surface area contributed by atoms with E-state index in [-0.39, 0.29) is 11.8 Å². The van der Waals surface area contributed by atoms with Crippen LogP contribution in [-0.4, -0.2) is 12.6 Å². The van der Waals surface area contributed by atoms with Crippen molar-refractivity contribution in [2.45, 2.75) is 40.0 Å². The lowest BCUT2D eigenvalue weighted by atomic mass is 10.0. The molecule has 0 saturated carbocycles. The summed E-state index contributed by atoms with van der Waals surface area (Å²) >= 11 is 1.54. The summed E-state index contributed by atoms with van der Waals surface area (Å²) in [6.45, 7) is 6.31. The number of thiophene rings is 1.